The molecule has 2 nitrogen and oxygen atoms in total. The summed E-state index contributed by atoms with van der Waals surface area (Å²) in [6.07, 6.45) is 5.25. The normalized spacial score (nSPS) is 47.5. The van der Waals surface area contributed by atoms with Crippen LogP contribution in [-0.4, -0.2) is 19.9 Å². The molecule has 1 aliphatic carbocycles. The fourth-order valence-corrected chi connectivity index (χ4v) is 5.35. The molecule has 0 unspecified atom stereocenters. The summed E-state index contributed by atoms with van der Waals surface area (Å²) in [6, 6.07) is 0. The van der Waals surface area contributed by atoms with E-state index in [9.17, 15) is 8.42 Å². The number of hydrogen-bond donors (Lipinski definition) is 0. The maximum Gasteiger partial charge on any atom is 0.151 e. The zero-order valence-corrected chi connectivity index (χ0v) is 8.97. The Labute approximate surface area is 79.9 Å². The van der Waals surface area contributed by atoms with E-state index in [-0.39, 0.29) is 5.41 Å². The predicted octanol–water partition coefficient (Wildman–Crippen LogP) is 1.63. The molecule has 74 valence electrons. The van der Waals surface area contributed by atoms with Gasteiger partial charge < -0.3 is 0 Å². The minimum Gasteiger partial charge on any atom is -0.229 e. The molecule has 0 N–H and O–H groups in total. The molecule has 2 aliphatic rings. The van der Waals surface area contributed by atoms with E-state index in [1.165, 1.54) is 0 Å². The summed E-state index contributed by atoms with van der Waals surface area (Å²) < 4.78 is 23.0. The first-order valence-electron chi connectivity index (χ1n) is 4.81. The summed E-state index contributed by atoms with van der Waals surface area (Å²) in [4.78, 5) is 0. The van der Waals surface area contributed by atoms with Crippen LogP contribution >= 0.6 is 0 Å². The second-order valence-corrected chi connectivity index (χ2v) is 6.82. The van der Waals surface area contributed by atoms with Crippen LogP contribution in [0.2, 0.25) is 0 Å². The van der Waals surface area contributed by atoms with Crippen LogP contribution in [-0.2, 0) is 9.84 Å². The molecule has 0 radical (unpaired) electrons. The molecule has 0 saturated carbocycles. The van der Waals surface area contributed by atoms with Crippen LogP contribution in [0.25, 0.3) is 0 Å². The van der Waals surface area contributed by atoms with Gasteiger partial charge in [-0.1, -0.05) is 26.0 Å². The Morgan fingerprint density at radius 3 is 2.77 bits per heavy atom. The third-order valence-corrected chi connectivity index (χ3v) is 5.78. The number of sulfone groups is 1. The van der Waals surface area contributed by atoms with Crippen LogP contribution in [0.15, 0.2) is 12.2 Å². The first-order valence-corrected chi connectivity index (χ1v) is 6.63. The lowest BCUT2D eigenvalue weighted by atomic mass is 9.67. The maximum atomic E-state index is 11.5. The highest BCUT2D eigenvalue weighted by Gasteiger charge is 2.49. The highest BCUT2D eigenvalue weighted by atomic mass is 32.2. The molecule has 0 spiro atoms. The summed E-state index contributed by atoms with van der Waals surface area (Å²) in [6.45, 7) is 4.25. The third kappa shape index (κ3) is 1.33. The van der Waals surface area contributed by atoms with Crippen molar-refractivity contribution in [1.82, 2.24) is 0 Å². The molecule has 0 amide bonds. The van der Waals surface area contributed by atoms with Crippen LogP contribution in [0.1, 0.15) is 20.3 Å². The number of fused-ring (bicyclic) bond motifs is 1. The Balaban J connectivity index is 2.39. The molecule has 0 aromatic heterocycles. The van der Waals surface area contributed by atoms with E-state index >= 15 is 0 Å². The SMILES string of the molecule is C[C@@H]1C=CC[C@H]2CS(=O)(=O)C[C@@]21C. The van der Waals surface area contributed by atoms with Crippen LogP contribution in [0, 0.1) is 17.3 Å². The van der Waals surface area contributed by atoms with Crippen molar-refractivity contribution in [3.05, 3.63) is 12.2 Å². The Bertz CT molecular complexity index is 342. The third-order valence-electron chi connectivity index (χ3n) is 3.80. The van der Waals surface area contributed by atoms with Gasteiger partial charge in [0, 0.05) is 0 Å². The molecule has 1 heterocycles. The lowest BCUT2D eigenvalue weighted by molar-refractivity contribution is 0.182. The van der Waals surface area contributed by atoms with Crippen LogP contribution in [0.4, 0.5) is 0 Å². The fourth-order valence-electron chi connectivity index (χ4n) is 2.65. The maximum absolute atomic E-state index is 11.5. The molecule has 1 aliphatic heterocycles. The van der Waals surface area contributed by atoms with Gasteiger partial charge >= 0.3 is 0 Å². The van der Waals surface area contributed by atoms with Crippen LogP contribution < -0.4 is 0 Å². The minimum atomic E-state index is -2.76. The lowest BCUT2D eigenvalue weighted by Gasteiger charge is -2.37. The van der Waals surface area contributed by atoms with E-state index in [0.717, 1.165) is 6.42 Å². The molecule has 0 aromatic rings. The minimum absolute atomic E-state index is 0.00752. The Hall–Kier alpha value is -0.310. The van der Waals surface area contributed by atoms with Crippen molar-refractivity contribution in [1.29, 1.82) is 0 Å². The van der Waals surface area contributed by atoms with E-state index in [4.69, 9.17) is 0 Å². The van der Waals surface area contributed by atoms with Crippen molar-refractivity contribution in [3.8, 4) is 0 Å². The lowest BCUT2D eigenvalue weighted by Crippen LogP contribution is -2.34. The van der Waals surface area contributed by atoms with Gasteiger partial charge in [0.15, 0.2) is 9.84 Å². The van der Waals surface area contributed by atoms with Gasteiger partial charge in [0.25, 0.3) is 0 Å². The van der Waals surface area contributed by atoms with E-state index in [1.54, 1.807) is 0 Å². The van der Waals surface area contributed by atoms with Gasteiger partial charge in [-0.05, 0) is 23.7 Å². The summed E-state index contributed by atoms with van der Waals surface area (Å²) >= 11 is 0. The van der Waals surface area contributed by atoms with Gasteiger partial charge in [-0.15, -0.1) is 0 Å². The smallest absolute Gasteiger partial charge is 0.151 e. The molecule has 1 fully saturated rings. The van der Waals surface area contributed by atoms with Gasteiger partial charge in [-0.2, -0.15) is 0 Å². The van der Waals surface area contributed by atoms with Gasteiger partial charge in [0.1, 0.15) is 0 Å². The van der Waals surface area contributed by atoms with E-state index in [2.05, 4.69) is 26.0 Å². The number of allylic oxidation sites excluding steroid dienone is 2. The predicted molar refractivity (Wildman–Crippen MR) is 53.2 cm³/mol. The molecule has 3 heteroatoms. The summed E-state index contributed by atoms with van der Waals surface area (Å²) in [5.41, 5.74) is 0.00752. The van der Waals surface area contributed by atoms with Crippen molar-refractivity contribution < 1.29 is 8.42 Å². The molecular weight excluding hydrogens is 184 g/mol. The number of rotatable bonds is 0. The van der Waals surface area contributed by atoms with Gasteiger partial charge in [-0.25, -0.2) is 8.42 Å². The van der Waals surface area contributed by atoms with Crippen molar-refractivity contribution >= 4 is 9.84 Å². The molecule has 0 bridgehead atoms. The van der Waals surface area contributed by atoms with Crippen molar-refractivity contribution in [2.45, 2.75) is 20.3 Å². The van der Waals surface area contributed by atoms with E-state index < -0.39 is 9.84 Å². The summed E-state index contributed by atoms with van der Waals surface area (Å²) in [5.74, 6) is 1.55. The summed E-state index contributed by atoms with van der Waals surface area (Å²) in [7, 11) is -2.76. The van der Waals surface area contributed by atoms with Gasteiger partial charge in [0.2, 0.25) is 0 Å². The van der Waals surface area contributed by atoms with E-state index in [1.807, 2.05) is 0 Å². The van der Waals surface area contributed by atoms with Crippen molar-refractivity contribution in [2.75, 3.05) is 11.5 Å². The second kappa shape index (κ2) is 2.59. The second-order valence-electron chi connectivity index (χ2n) is 4.71. The Morgan fingerprint density at radius 1 is 1.46 bits per heavy atom. The quantitative estimate of drug-likeness (QED) is 0.557. The van der Waals surface area contributed by atoms with Crippen LogP contribution in [0.3, 0.4) is 0 Å². The standard InChI is InChI=1S/C10H16O2S/c1-8-4-3-5-9-6-13(11,12)7-10(8,9)2/h3-4,8-9H,5-7H2,1-2H3/t8-,9+,10-/m1/s1. The molecule has 1 saturated heterocycles. The average molecular weight is 200 g/mol. The Morgan fingerprint density at radius 2 is 2.15 bits per heavy atom. The van der Waals surface area contributed by atoms with Crippen molar-refractivity contribution in [3.63, 3.8) is 0 Å². The van der Waals surface area contributed by atoms with E-state index in [0.29, 0.717) is 23.3 Å². The topological polar surface area (TPSA) is 34.1 Å². The first-order chi connectivity index (χ1) is 5.94. The van der Waals surface area contributed by atoms with Gasteiger partial charge in [0.05, 0.1) is 11.5 Å². The number of hydrogen-bond acceptors (Lipinski definition) is 2. The molecule has 3 atom stereocenters. The molecule has 13 heavy (non-hydrogen) atoms. The average Bonchev–Trinajstić information content (AvgIpc) is 2.22. The molecular formula is C10H16O2S. The molecule has 2 rings (SSSR count). The van der Waals surface area contributed by atoms with Gasteiger partial charge in [-0.3, -0.25) is 0 Å². The first kappa shape index (κ1) is 9.25. The van der Waals surface area contributed by atoms with Crippen molar-refractivity contribution in [2.24, 2.45) is 17.3 Å². The largest absolute Gasteiger partial charge is 0.229 e. The van der Waals surface area contributed by atoms with Crippen LogP contribution in [0.5, 0.6) is 0 Å². The fraction of sp³-hybridized carbons (Fsp3) is 0.800. The zero-order valence-electron chi connectivity index (χ0n) is 8.16. The highest BCUT2D eigenvalue weighted by Crippen LogP contribution is 2.48. The zero-order chi connectivity index (χ0) is 9.69. The Kier molecular flexibility index (Phi) is 1.85. The highest BCUT2D eigenvalue weighted by molar-refractivity contribution is 7.91. The monoisotopic (exact) mass is 200 g/mol. The summed E-state index contributed by atoms with van der Waals surface area (Å²) in [5, 5.41) is 0. The molecule has 0 aromatic carbocycles.